The zero-order chi connectivity index (χ0) is 17.8. The van der Waals surface area contributed by atoms with Gasteiger partial charge in [-0.1, -0.05) is 0 Å². The third kappa shape index (κ3) is 4.59. The number of nitrogens with zero attached hydrogens (tertiary/aromatic N) is 1. The van der Waals surface area contributed by atoms with Crippen LogP contribution in [0.2, 0.25) is 0 Å². The third-order valence-electron chi connectivity index (χ3n) is 2.88. The summed E-state index contributed by atoms with van der Waals surface area (Å²) in [4.78, 5) is 23.5. The quantitative estimate of drug-likeness (QED) is 0.351. The summed E-state index contributed by atoms with van der Waals surface area (Å²) in [6.45, 7) is 4.37. The van der Waals surface area contributed by atoms with Gasteiger partial charge in [-0.15, -0.1) is 0 Å². The van der Waals surface area contributed by atoms with Crippen molar-refractivity contribution >= 4 is 23.3 Å². The smallest absolute Gasteiger partial charge is 0.340 e. The van der Waals surface area contributed by atoms with Gasteiger partial charge in [0.2, 0.25) is 5.54 Å². The van der Waals surface area contributed by atoms with Gasteiger partial charge in [0, 0.05) is 0 Å². The average Bonchev–Trinajstić information content (AvgIpc) is 2.43. The Morgan fingerprint density at radius 2 is 2.00 bits per heavy atom. The van der Waals surface area contributed by atoms with Crippen molar-refractivity contribution in [1.29, 1.82) is 5.26 Å². The summed E-state index contributed by atoms with van der Waals surface area (Å²) in [7, 11) is 0. The van der Waals surface area contributed by atoms with Crippen LogP contribution in [-0.4, -0.2) is 34.7 Å². The van der Waals surface area contributed by atoms with E-state index in [0.29, 0.717) is 16.9 Å². The molecule has 0 saturated heterocycles. The topological polar surface area (TPSA) is 151 Å². The third-order valence-corrected chi connectivity index (χ3v) is 2.88. The van der Waals surface area contributed by atoms with E-state index in [1.165, 1.54) is 18.2 Å². The lowest BCUT2D eigenvalue weighted by Crippen LogP contribution is -2.61. The predicted molar refractivity (Wildman–Crippen MR) is 84.5 cm³/mol. The Morgan fingerprint density at radius 1 is 1.39 bits per heavy atom. The molecule has 0 aliphatic rings. The lowest BCUT2D eigenvalue weighted by Gasteiger charge is -2.28. The van der Waals surface area contributed by atoms with Gasteiger partial charge in [0.15, 0.2) is 0 Å². The summed E-state index contributed by atoms with van der Waals surface area (Å²) in [5.74, 6) is -2.60. The second-order valence-corrected chi connectivity index (χ2v) is 6.05. The minimum Gasteiger partial charge on any atom is -0.479 e. The molecule has 0 saturated carbocycles. The minimum absolute atomic E-state index is 0.293. The molecule has 0 aromatic heterocycles. The van der Waals surface area contributed by atoms with Crippen molar-refractivity contribution in [2.75, 3.05) is 17.6 Å². The molecular formula is C15H20N4O4. The molecule has 0 aliphatic carbocycles. The number of rotatable bonds is 5. The number of ether oxygens (including phenoxy) is 1. The van der Waals surface area contributed by atoms with Crippen LogP contribution < -0.4 is 16.8 Å². The van der Waals surface area contributed by atoms with Crippen molar-refractivity contribution < 1.29 is 19.4 Å². The molecule has 1 rings (SSSR count). The van der Waals surface area contributed by atoms with Crippen molar-refractivity contribution in [3.63, 3.8) is 0 Å². The first-order chi connectivity index (χ1) is 10.5. The fourth-order valence-corrected chi connectivity index (χ4v) is 1.62. The van der Waals surface area contributed by atoms with Crippen molar-refractivity contribution in [1.82, 2.24) is 0 Å². The van der Waals surface area contributed by atoms with Crippen LogP contribution in [0.25, 0.3) is 0 Å². The highest BCUT2D eigenvalue weighted by atomic mass is 16.6. The molecule has 6 N–H and O–H groups in total. The molecule has 1 atom stereocenters. The van der Waals surface area contributed by atoms with E-state index in [1.54, 1.807) is 20.8 Å². The minimum atomic E-state index is -2.29. The Hall–Kier alpha value is -2.79. The molecule has 1 unspecified atom stereocenters. The van der Waals surface area contributed by atoms with Crippen LogP contribution in [0.1, 0.15) is 26.3 Å². The number of aliphatic carboxylic acids is 1. The van der Waals surface area contributed by atoms with Gasteiger partial charge in [-0.3, -0.25) is 0 Å². The molecule has 1 aromatic rings. The molecule has 0 radical (unpaired) electrons. The average molecular weight is 320 g/mol. The summed E-state index contributed by atoms with van der Waals surface area (Å²) in [5, 5.41) is 20.9. The summed E-state index contributed by atoms with van der Waals surface area (Å²) in [5.41, 5.74) is 9.23. The number of nitrogens with one attached hydrogen (secondary N) is 1. The largest absolute Gasteiger partial charge is 0.479 e. The highest BCUT2D eigenvalue weighted by molar-refractivity contribution is 6.04. The van der Waals surface area contributed by atoms with Crippen LogP contribution in [-0.2, 0) is 14.3 Å². The first-order valence-corrected chi connectivity index (χ1v) is 6.79. The van der Waals surface area contributed by atoms with Gasteiger partial charge in [0.1, 0.15) is 5.60 Å². The summed E-state index contributed by atoms with van der Waals surface area (Å²) >= 11 is 0. The number of nitrogens with two attached hydrogens (primary N) is 2. The highest BCUT2D eigenvalue weighted by Gasteiger charge is 2.45. The van der Waals surface area contributed by atoms with E-state index < -0.39 is 29.6 Å². The van der Waals surface area contributed by atoms with E-state index in [2.05, 4.69) is 5.32 Å². The fraction of sp³-hybridized carbons (Fsp3) is 0.400. The Morgan fingerprint density at radius 3 is 2.48 bits per heavy atom. The van der Waals surface area contributed by atoms with E-state index in [4.69, 9.17) is 21.5 Å². The van der Waals surface area contributed by atoms with E-state index in [9.17, 15) is 14.7 Å². The second-order valence-electron chi connectivity index (χ2n) is 6.05. The van der Waals surface area contributed by atoms with Gasteiger partial charge in [-0.2, -0.15) is 5.26 Å². The summed E-state index contributed by atoms with van der Waals surface area (Å²) in [6.07, 6.45) is 0. The van der Waals surface area contributed by atoms with Gasteiger partial charge in [-0.25, -0.2) is 9.59 Å². The van der Waals surface area contributed by atoms with Gasteiger partial charge < -0.3 is 26.6 Å². The number of carbonyl (C=O) groups is 2. The highest BCUT2D eigenvalue weighted by Crippen LogP contribution is 2.21. The number of esters is 1. The Balaban J connectivity index is 3.00. The lowest BCUT2D eigenvalue weighted by molar-refractivity contribution is -0.168. The van der Waals surface area contributed by atoms with Gasteiger partial charge in [0.05, 0.1) is 29.6 Å². The van der Waals surface area contributed by atoms with Crippen molar-refractivity contribution in [2.24, 2.45) is 5.73 Å². The lowest BCUT2D eigenvalue weighted by atomic mass is 10.0. The summed E-state index contributed by atoms with van der Waals surface area (Å²) < 4.78 is 5.06. The van der Waals surface area contributed by atoms with E-state index >= 15 is 0 Å². The second kappa shape index (κ2) is 6.54. The molecule has 0 fully saturated rings. The van der Waals surface area contributed by atoms with Gasteiger partial charge >= 0.3 is 11.9 Å². The number of anilines is 2. The molecular weight excluding hydrogens is 300 g/mol. The molecule has 8 nitrogen and oxygen atoms in total. The van der Waals surface area contributed by atoms with Gasteiger partial charge in [-0.05, 0) is 39.0 Å². The zero-order valence-corrected chi connectivity index (χ0v) is 13.2. The molecule has 124 valence electrons. The molecule has 0 bridgehead atoms. The van der Waals surface area contributed by atoms with Crippen LogP contribution in [0.3, 0.4) is 0 Å². The maximum atomic E-state index is 12.1. The SMILES string of the molecule is CC(C)(C)OC(=O)C(N)(CNc1cc(C#N)ccc1N)C(=O)O. The number of nitrogen functional groups attached to an aromatic ring is 1. The number of hydrogen-bond acceptors (Lipinski definition) is 7. The first kappa shape index (κ1) is 18.3. The van der Waals surface area contributed by atoms with Gasteiger partial charge in [0.25, 0.3) is 0 Å². The van der Waals surface area contributed by atoms with E-state index in [0.717, 1.165) is 0 Å². The molecule has 0 heterocycles. The van der Waals surface area contributed by atoms with Crippen LogP contribution in [0.4, 0.5) is 11.4 Å². The Kier molecular flexibility index (Phi) is 5.19. The normalized spacial score (nSPS) is 13.5. The van der Waals surface area contributed by atoms with Crippen LogP contribution in [0.5, 0.6) is 0 Å². The number of hydrogen-bond donors (Lipinski definition) is 4. The maximum absolute atomic E-state index is 12.1. The van der Waals surface area contributed by atoms with Crippen molar-refractivity contribution in [2.45, 2.75) is 31.9 Å². The molecule has 0 amide bonds. The van der Waals surface area contributed by atoms with E-state index in [1.807, 2.05) is 6.07 Å². The standard InChI is InChI=1S/C15H20N4O4/c1-14(2,3)23-13(22)15(18,12(20)21)8-19-11-6-9(7-16)4-5-10(11)17/h4-6,19H,8,17-18H2,1-3H3,(H,20,21). The van der Waals surface area contributed by atoms with Crippen LogP contribution in [0.15, 0.2) is 18.2 Å². The Labute approximate surface area is 134 Å². The number of benzene rings is 1. The summed E-state index contributed by atoms with van der Waals surface area (Å²) in [6, 6.07) is 6.38. The number of carboxylic acid groups (broad SMARTS) is 1. The number of carboxylic acids is 1. The maximum Gasteiger partial charge on any atom is 0.340 e. The molecule has 1 aromatic carbocycles. The number of carbonyl (C=O) groups excluding carboxylic acids is 1. The van der Waals surface area contributed by atoms with Crippen LogP contribution >= 0.6 is 0 Å². The molecule has 23 heavy (non-hydrogen) atoms. The fourth-order valence-electron chi connectivity index (χ4n) is 1.62. The Bertz CT molecular complexity index is 660. The molecule has 8 heteroatoms. The van der Waals surface area contributed by atoms with Crippen LogP contribution in [0, 0.1) is 11.3 Å². The molecule has 0 spiro atoms. The monoisotopic (exact) mass is 320 g/mol. The van der Waals surface area contributed by atoms with Crippen molar-refractivity contribution in [3.05, 3.63) is 23.8 Å². The zero-order valence-electron chi connectivity index (χ0n) is 13.2. The molecule has 0 aliphatic heterocycles. The first-order valence-electron chi connectivity index (χ1n) is 6.79. The van der Waals surface area contributed by atoms with Crippen molar-refractivity contribution in [3.8, 4) is 6.07 Å². The predicted octanol–water partition coefficient (Wildman–Crippen LogP) is 0.676. The van der Waals surface area contributed by atoms with E-state index in [-0.39, 0.29) is 0 Å². The number of nitriles is 1.